The van der Waals surface area contributed by atoms with Gasteiger partial charge in [-0.3, -0.25) is 14.5 Å². The highest BCUT2D eigenvalue weighted by Gasteiger charge is 2.30. The first-order valence-corrected chi connectivity index (χ1v) is 8.33. The highest BCUT2D eigenvalue weighted by Crippen LogP contribution is 2.11. The number of nitrogens with zero attached hydrogens (tertiary/aromatic N) is 2. The fourth-order valence-electron chi connectivity index (χ4n) is 2.72. The van der Waals surface area contributed by atoms with Crippen LogP contribution >= 0.6 is 11.6 Å². The number of benzene rings is 1. The number of aryl methyl sites for hydroxylation is 1. The average molecular weight is 338 g/mol. The zero-order valence-electron chi connectivity index (χ0n) is 13.7. The van der Waals surface area contributed by atoms with E-state index in [4.69, 9.17) is 11.6 Å². The predicted octanol–water partition coefficient (Wildman–Crippen LogP) is 1.55. The van der Waals surface area contributed by atoms with E-state index in [1.165, 1.54) is 5.56 Å². The third-order valence-corrected chi connectivity index (χ3v) is 4.50. The smallest absolute Gasteiger partial charge is 0.239 e. The second-order valence-electron chi connectivity index (χ2n) is 5.98. The summed E-state index contributed by atoms with van der Waals surface area (Å²) in [7, 11) is 1.93. The number of nitrogens with one attached hydrogen (secondary N) is 1. The van der Waals surface area contributed by atoms with Gasteiger partial charge < -0.3 is 10.2 Å². The molecule has 1 aliphatic rings. The summed E-state index contributed by atoms with van der Waals surface area (Å²) in [4.78, 5) is 27.5. The van der Waals surface area contributed by atoms with Crippen LogP contribution in [0.4, 0.5) is 0 Å². The summed E-state index contributed by atoms with van der Waals surface area (Å²) in [5.74, 6) is 0.0215. The number of amides is 2. The SMILES string of the molecule is CC(=O)N1CCN(C)C(C(=O)NCCCc2ccc(Cl)cc2)C1. The van der Waals surface area contributed by atoms with Gasteiger partial charge in [-0.15, -0.1) is 0 Å². The second-order valence-corrected chi connectivity index (χ2v) is 6.42. The highest BCUT2D eigenvalue weighted by atomic mass is 35.5. The summed E-state index contributed by atoms with van der Waals surface area (Å²) >= 11 is 5.86. The van der Waals surface area contributed by atoms with Gasteiger partial charge in [-0.2, -0.15) is 0 Å². The van der Waals surface area contributed by atoms with Gasteiger partial charge in [-0.05, 0) is 37.6 Å². The van der Waals surface area contributed by atoms with E-state index in [1.807, 2.05) is 36.2 Å². The summed E-state index contributed by atoms with van der Waals surface area (Å²) in [6.45, 7) is 4.06. The predicted molar refractivity (Wildman–Crippen MR) is 91.5 cm³/mol. The quantitative estimate of drug-likeness (QED) is 0.829. The third-order valence-electron chi connectivity index (χ3n) is 4.25. The number of carbonyl (C=O) groups excluding carboxylic acids is 2. The molecular formula is C17H24ClN3O2. The molecule has 1 saturated heterocycles. The summed E-state index contributed by atoms with van der Waals surface area (Å²) in [6, 6.07) is 7.50. The van der Waals surface area contributed by atoms with E-state index < -0.39 is 0 Å². The molecule has 2 rings (SSSR count). The lowest BCUT2D eigenvalue weighted by Crippen LogP contribution is -2.58. The lowest BCUT2D eigenvalue weighted by molar-refractivity contribution is -0.135. The molecule has 0 aromatic heterocycles. The molecular weight excluding hydrogens is 314 g/mol. The van der Waals surface area contributed by atoms with Crippen LogP contribution in [0.5, 0.6) is 0 Å². The van der Waals surface area contributed by atoms with Crippen LogP contribution in [-0.2, 0) is 16.0 Å². The van der Waals surface area contributed by atoms with Gasteiger partial charge in [-0.25, -0.2) is 0 Å². The van der Waals surface area contributed by atoms with Crippen LogP contribution in [0.3, 0.4) is 0 Å². The Kier molecular flexibility index (Phi) is 6.42. The van der Waals surface area contributed by atoms with Gasteiger partial charge in [0.05, 0.1) is 0 Å². The van der Waals surface area contributed by atoms with Gasteiger partial charge >= 0.3 is 0 Å². The fourth-order valence-corrected chi connectivity index (χ4v) is 2.84. The second kappa shape index (κ2) is 8.31. The Morgan fingerprint density at radius 3 is 2.61 bits per heavy atom. The molecule has 5 nitrogen and oxygen atoms in total. The Bertz CT molecular complexity index is 547. The summed E-state index contributed by atoms with van der Waals surface area (Å²) < 4.78 is 0. The van der Waals surface area contributed by atoms with Crippen LogP contribution < -0.4 is 5.32 Å². The fraction of sp³-hybridized carbons (Fsp3) is 0.529. The van der Waals surface area contributed by atoms with Crippen LogP contribution in [0, 0.1) is 0 Å². The Hall–Kier alpha value is -1.59. The highest BCUT2D eigenvalue weighted by molar-refractivity contribution is 6.30. The molecule has 0 aliphatic carbocycles. The molecule has 23 heavy (non-hydrogen) atoms. The van der Waals surface area contributed by atoms with E-state index >= 15 is 0 Å². The van der Waals surface area contributed by atoms with E-state index in [1.54, 1.807) is 11.8 Å². The minimum atomic E-state index is -0.261. The number of hydrogen-bond acceptors (Lipinski definition) is 3. The largest absolute Gasteiger partial charge is 0.355 e. The number of likely N-dealkylation sites (N-methyl/N-ethyl adjacent to an activating group) is 1. The number of rotatable bonds is 5. The van der Waals surface area contributed by atoms with E-state index in [0.29, 0.717) is 19.6 Å². The molecule has 0 bridgehead atoms. The minimum Gasteiger partial charge on any atom is -0.355 e. The molecule has 2 amide bonds. The first kappa shape index (κ1) is 17.8. The standard InChI is InChI=1S/C17H24ClN3O2/c1-13(22)21-11-10-20(2)16(12-21)17(23)19-9-3-4-14-5-7-15(18)8-6-14/h5-8,16H,3-4,9-12H2,1-2H3,(H,19,23). The van der Waals surface area contributed by atoms with Crippen molar-refractivity contribution in [3.63, 3.8) is 0 Å². The molecule has 0 saturated carbocycles. The van der Waals surface area contributed by atoms with Crippen molar-refractivity contribution in [3.05, 3.63) is 34.9 Å². The number of piperazine rings is 1. The molecule has 1 aliphatic heterocycles. The topological polar surface area (TPSA) is 52.7 Å². The van der Waals surface area contributed by atoms with E-state index in [2.05, 4.69) is 5.32 Å². The Balaban J connectivity index is 1.75. The first-order chi connectivity index (χ1) is 11.0. The van der Waals surface area contributed by atoms with Crippen LogP contribution in [0.1, 0.15) is 18.9 Å². The van der Waals surface area contributed by atoms with Gasteiger partial charge in [0.25, 0.3) is 0 Å². The van der Waals surface area contributed by atoms with Gasteiger partial charge in [0.15, 0.2) is 0 Å². The van der Waals surface area contributed by atoms with Crippen LogP contribution in [0.2, 0.25) is 5.02 Å². The Morgan fingerprint density at radius 2 is 1.96 bits per heavy atom. The molecule has 1 aromatic carbocycles. The van der Waals surface area contributed by atoms with Crippen LogP contribution in [-0.4, -0.2) is 60.9 Å². The maximum atomic E-state index is 12.3. The summed E-state index contributed by atoms with van der Waals surface area (Å²) in [6.07, 6.45) is 1.78. The van der Waals surface area contributed by atoms with Crippen molar-refractivity contribution in [3.8, 4) is 0 Å². The van der Waals surface area contributed by atoms with Crippen molar-refractivity contribution in [1.82, 2.24) is 15.1 Å². The zero-order chi connectivity index (χ0) is 16.8. The molecule has 0 radical (unpaired) electrons. The maximum Gasteiger partial charge on any atom is 0.239 e. The van der Waals surface area contributed by atoms with Crippen molar-refractivity contribution in [1.29, 1.82) is 0 Å². The van der Waals surface area contributed by atoms with Gasteiger partial charge in [-0.1, -0.05) is 23.7 Å². The summed E-state index contributed by atoms with van der Waals surface area (Å²) in [5, 5.41) is 3.71. The van der Waals surface area contributed by atoms with Crippen molar-refractivity contribution >= 4 is 23.4 Å². The Morgan fingerprint density at radius 1 is 1.26 bits per heavy atom. The third kappa shape index (κ3) is 5.22. The molecule has 6 heteroatoms. The van der Waals surface area contributed by atoms with Gasteiger partial charge in [0.1, 0.15) is 6.04 Å². The normalized spacial score (nSPS) is 18.7. The average Bonchev–Trinajstić information content (AvgIpc) is 2.53. The van der Waals surface area contributed by atoms with Crippen molar-refractivity contribution in [2.75, 3.05) is 33.2 Å². The van der Waals surface area contributed by atoms with Crippen molar-refractivity contribution < 1.29 is 9.59 Å². The van der Waals surface area contributed by atoms with Crippen molar-refractivity contribution in [2.45, 2.75) is 25.8 Å². The molecule has 1 heterocycles. The Labute approximate surface area is 142 Å². The number of hydrogen-bond donors (Lipinski definition) is 1. The molecule has 1 N–H and O–H groups in total. The minimum absolute atomic E-state index is 0.00504. The first-order valence-electron chi connectivity index (χ1n) is 7.95. The molecule has 126 valence electrons. The molecule has 1 atom stereocenters. The molecule has 1 fully saturated rings. The van der Waals surface area contributed by atoms with Gasteiger partial charge in [0.2, 0.25) is 11.8 Å². The van der Waals surface area contributed by atoms with E-state index in [9.17, 15) is 9.59 Å². The molecule has 1 unspecified atom stereocenters. The van der Waals surface area contributed by atoms with Crippen LogP contribution in [0.25, 0.3) is 0 Å². The molecule has 0 spiro atoms. The lowest BCUT2D eigenvalue weighted by Gasteiger charge is -2.38. The lowest BCUT2D eigenvalue weighted by atomic mass is 10.1. The maximum absolute atomic E-state index is 12.3. The van der Waals surface area contributed by atoms with Crippen LogP contribution in [0.15, 0.2) is 24.3 Å². The number of carbonyl (C=O) groups is 2. The van der Waals surface area contributed by atoms with Crippen molar-refractivity contribution in [2.24, 2.45) is 0 Å². The van der Waals surface area contributed by atoms with E-state index in [0.717, 1.165) is 24.4 Å². The van der Waals surface area contributed by atoms with Gasteiger partial charge in [0, 0.05) is 38.1 Å². The zero-order valence-corrected chi connectivity index (χ0v) is 14.5. The van der Waals surface area contributed by atoms with E-state index in [-0.39, 0.29) is 17.9 Å². The molecule has 1 aromatic rings. The number of halogens is 1. The monoisotopic (exact) mass is 337 g/mol. The summed E-state index contributed by atoms with van der Waals surface area (Å²) in [5.41, 5.74) is 1.21.